The third-order valence-electron chi connectivity index (χ3n) is 3.93. The Morgan fingerprint density at radius 2 is 2.21 bits per heavy atom. The van der Waals surface area contributed by atoms with Gasteiger partial charge in [0, 0.05) is 32.0 Å². The summed E-state index contributed by atoms with van der Waals surface area (Å²) in [7, 11) is 0. The minimum atomic E-state index is -0.370. The fourth-order valence-electron chi connectivity index (χ4n) is 2.93. The molecule has 1 N–H and O–H groups in total. The quantitative estimate of drug-likeness (QED) is 0.853. The van der Waals surface area contributed by atoms with E-state index in [9.17, 15) is 5.11 Å². The Morgan fingerprint density at radius 1 is 1.37 bits per heavy atom. The summed E-state index contributed by atoms with van der Waals surface area (Å²) in [4.78, 5) is 2.34. The maximum atomic E-state index is 10.2. The largest absolute Gasteiger partial charge is 0.390 e. The van der Waals surface area contributed by atoms with Crippen LogP contribution in [-0.2, 0) is 11.3 Å². The van der Waals surface area contributed by atoms with E-state index in [1.54, 1.807) is 10.9 Å². The van der Waals surface area contributed by atoms with Gasteiger partial charge in [0.25, 0.3) is 0 Å². The average molecular weight is 265 g/mol. The van der Waals surface area contributed by atoms with Crippen molar-refractivity contribution >= 4 is 0 Å². The van der Waals surface area contributed by atoms with Crippen LogP contribution in [-0.4, -0.2) is 57.7 Å². The highest BCUT2D eigenvalue weighted by Crippen LogP contribution is 2.36. The van der Waals surface area contributed by atoms with Crippen molar-refractivity contribution in [1.82, 2.24) is 14.7 Å². The molecule has 2 fully saturated rings. The smallest absolute Gasteiger partial charge is 0.0862 e. The lowest BCUT2D eigenvalue weighted by Gasteiger charge is -2.37. The number of nitrogens with zero attached hydrogens (tertiary/aromatic N) is 3. The predicted molar refractivity (Wildman–Crippen MR) is 71.7 cm³/mol. The molecule has 0 bridgehead atoms. The van der Waals surface area contributed by atoms with Gasteiger partial charge >= 0.3 is 0 Å². The lowest BCUT2D eigenvalue weighted by Crippen LogP contribution is -2.50. The van der Waals surface area contributed by atoms with Crippen LogP contribution in [0.25, 0.3) is 0 Å². The van der Waals surface area contributed by atoms with Gasteiger partial charge in [-0.1, -0.05) is 0 Å². The predicted octanol–water partition coefficient (Wildman–Crippen LogP) is 0.743. The highest BCUT2D eigenvalue weighted by Gasteiger charge is 2.37. The van der Waals surface area contributed by atoms with Gasteiger partial charge in [0.15, 0.2) is 0 Å². The summed E-state index contributed by atoms with van der Waals surface area (Å²) in [5, 5.41) is 14.3. The topological polar surface area (TPSA) is 50.5 Å². The summed E-state index contributed by atoms with van der Waals surface area (Å²) in [6, 6.07) is 1.88. The molecule has 2 heterocycles. The van der Waals surface area contributed by atoms with Crippen molar-refractivity contribution in [3.05, 3.63) is 18.5 Å². The lowest BCUT2D eigenvalue weighted by molar-refractivity contribution is -0.0937. The van der Waals surface area contributed by atoms with Crippen LogP contribution in [0.1, 0.15) is 19.8 Å². The fourth-order valence-corrected chi connectivity index (χ4v) is 2.93. The molecular formula is C14H23N3O2. The van der Waals surface area contributed by atoms with Crippen molar-refractivity contribution in [2.75, 3.05) is 19.6 Å². The Balaban J connectivity index is 1.50. The molecule has 0 spiro atoms. The van der Waals surface area contributed by atoms with Crippen LogP contribution in [0.2, 0.25) is 0 Å². The van der Waals surface area contributed by atoms with Gasteiger partial charge in [-0.05, 0) is 31.7 Å². The first-order valence-electron chi connectivity index (χ1n) is 7.24. The molecule has 19 heavy (non-hydrogen) atoms. The van der Waals surface area contributed by atoms with Gasteiger partial charge in [0.2, 0.25) is 0 Å². The summed E-state index contributed by atoms with van der Waals surface area (Å²) in [5.74, 6) is 0.758. The van der Waals surface area contributed by atoms with Crippen LogP contribution in [0.3, 0.4) is 0 Å². The van der Waals surface area contributed by atoms with Gasteiger partial charge in [-0.3, -0.25) is 9.58 Å². The molecule has 0 aromatic carbocycles. The highest BCUT2D eigenvalue weighted by molar-refractivity contribution is 4.88. The molecular weight excluding hydrogens is 242 g/mol. The van der Waals surface area contributed by atoms with Gasteiger partial charge in [0.1, 0.15) is 0 Å². The number of β-amino-alcohol motifs (C(OH)–C–C–N with tert-alkyl or cyclic N) is 1. The van der Waals surface area contributed by atoms with E-state index < -0.39 is 0 Å². The molecule has 5 nitrogen and oxygen atoms in total. The molecule has 1 aromatic heterocycles. The second-order valence-electron chi connectivity index (χ2n) is 5.92. The first-order valence-corrected chi connectivity index (χ1v) is 7.24. The van der Waals surface area contributed by atoms with E-state index in [1.807, 2.05) is 12.3 Å². The first-order chi connectivity index (χ1) is 9.20. The van der Waals surface area contributed by atoms with Crippen molar-refractivity contribution in [2.45, 2.75) is 44.6 Å². The van der Waals surface area contributed by atoms with Crippen LogP contribution < -0.4 is 0 Å². The molecule has 1 saturated carbocycles. The van der Waals surface area contributed by atoms with Gasteiger partial charge in [-0.25, -0.2) is 0 Å². The molecule has 1 saturated heterocycles. The number of aliphatic hydroxyl groups excluding tert-OH is 1. The number of aliphatic hydroxyl groups is 1. The molecule has 106 valence electrons. The molecule has 1 aliphatic carbocycles. The molecule has 2 aliphatic rings. The summed E-state index contributed by atoms with van der Waals surface area (Å²) < 4.78 is 7.77. The van der Waals surface area contributed by atoms with Crippen molar-refractivity contribution in [3.8, 4) is 0 Å². The zero-order valence-electron chi connectivity index (χ0n) is 11.5. The number of hydrogen-bond donors (Lipinski definition) is 1. The maximum absolute atomic E-state index is 10.2. The molecule has 0 amide bonds. The minimum Gasteiger partial charge on any atom is -0.390 e. The second-order valence-corrected chi connectivity index (χ2v) is 5.92. The zero-order chi connectivity index (χ0) is 13.2. The lowest BCUT2D eigenvalue weighted by atomic mass is 10.1. The van der Waals surface area contributed by atoms with E-state index in [0.717, 1.165) is 19.0 Å². The van der Waals surface area contributed by atoms with E-state index >= 15 is 0 Å². The van der Waals surface area contributed by atoms with Gasteiger partial charge < -0.3 is 9.84 Å². The summed E-state index contributed by atoms with van der Waals surface area (Å²) in [5.41, 5.74) is 0. The second kappa shape index (κ2) is 5.61. The summed E-state index contributed by atoms with van der Waals surface area (Å²) >= 11 is 0. The van der Waals surface area contributed by atoms with Crippen molar-refractivity contribution < 1.29 is 9.84 Å². The Morgan fingerprint density at radius 3 is 2.89 bits per heavy atom. The molecule has 0 radical (unpaired) electrons. The van der Waals surface area contributed by atoms with Gasteiger partial charge in [-0.15, -0.1) is 0 Å². The molecule has 3 unspecified atom stereocenters. The van der Waals surface area contributed by atoms with Crippen molar-refractivity contribution in [2.24, 2.45) is 5.92 Å². The van der Waals surface area contributed by atoms with E-state index in [4.69, 9.17) is 4.74 Å². The van der Waals surface area contributed by atoms with Gasteiger partial charge in [0.05, 0.1) is 24.9 Å². The number of aromatic nitrogens is 2. The SMILES string of the molecule is CC1CN(CC(O)Cn2cccn2)CC(C2CC2)O1. The number of morpholine rings is 1. The number of rotatable bonds is 5. The highest BCUT2D eigenvalue weighted by atomic mass is 16.5. The van der Waals surface area contributed by atoms with E-state index in [0.29, 0.717) is 19.2 Å². The first kappa shape index (κ1) is 13.1. The van der Waals surface area contributed by atoms with Crippen LogP contribution in [0.4, 0.5) is 0 Å². The third kappa shape index (κ3) is 3.55. The van der Waals surface area contributed by atoms with Crippen molar-refractivity contribution in [1.29, 1.82) is 0 Å². The van der Waals surface area contributed by atoms with Crippen molar-refractivity contribution in [3.63, 3.8) is 0 Å². The summed E-state index contributed by atoms with van der Waals surface area (Å²) in [6.07, 6.45) is 6.52. The van der Waals surface area contributed by atoms with Crippen LogP contribution in [0.5, 0.6) is 0 Å². The molecule has 5 heteroatoms. The minimum absolute atomic E-state index is 0.274. The molecule has 1 aliphatic heterocycles. The standard InChI is InChI=1S/C14H23N3O2/c1-11-7-16(10-14(19-11)12-3-4-12)8-13(18)9-17-6-2-5-15-17/h2,5-6,11-14,18H,3-4,7-10H2,1H3. The molecule has 1 aromatic rings. The third-order valence-corrected chi connectivity index (χ3v) is 3.93. The Labute approximate surface area is 114 Å². The molecule has 3 atom stereocenters. The Kier molecular flexibility index (Phi) is 3.86. The van der Waals surface area contributed by atoms with E-state index in [1.165, 1.54) is 12.8 Å². The van der Waals surface area contributed by atoms with E-state index in [-0.39, 0.29) is 12.2 Å². The Hall–Kier alpha value is -0.910. The van der Waals surface area contributed by atoms with Crippen LogP contribution in [0, 0.1) is 5.92 Å². The summed E-state index contributed by atoms with van der Waals surface area (Å²) in [6.45, 7) is 5.27. The average Bonchev–Trinajstić information content (AvgIpc) is 3.08. The number of ether oxygens (including phenoxy) is 1. The van der Waals surface area contributed by atoms with E-state index in [2.05, 4.69) is 16.9 Å². The fraction of sp³-hybridized carbons (Fsp3) is 0.786. The normalized spacial score (nSPS) is 30.4. The van der Waals surface area contributed by atoms with Crippen LogP contribution >= 0.6 is 0 Å². The number of hydrogen-bond acceptors (Lipinski definition) is 4. The molecule has 3 rings (SSSR count). The Bertz CT molecular complexity index is 391. The monoisotopic (exact) mass is 265 g/mol. The zero-order valence-corrected chi connectivity index (χ0v) is 11.5. The van der Waals surface area contributed by atoms with Gasteiger partial charge in [-0.2, -0.15) is 5.10 Å². The van der Waals surface area contributed by atoms with Crippen LogP contribution in [0.15, 0.2) is 18.5 Å². The maximum Gasteiger partial charge on any atom is 0.0862 e.